The predicted octanol–water partition coefficient (Wildman–Crippen LogP) is 6.89. The van der Waals surface area contributed by atoms with Crippen LogP contribution in [0.3, 0.4) is 0 Å². The number of hydrogen-bond donors (Lipinski definition) is 0. The van der Waals surface area contributed by atoms with Crippen LogP contribution in [0.1, 0.15) is 41.1 Å². The number of ether oxygens (including phenoxy) is 3. The van der Waals surface area contributed by atoms with Gasteiger partial charge in [-0.05, 0) is 47.7 Å². The maximum absolute atomic E-state index is 12.6. The van der Waals surface area contributed by atoms with E-state index in [1.54, 1.807) is 29.2 Å². The Labute approximate surface area is 237 Å². The molecule has 0 atom stereocenters. The first-order chi connectivity index (χ1) is 19.6. The molecule has 1 amide bonds. The molecule has 8 nitrogen and oxygen atoms in total. The molecule has 1 aromatic heterocycles. The molecule has 4 aromatic rings. The van der Waals surface area contributed by atoms with Crippen molar-refractivity contribution in [1.82, 2.24) is 14.9 Å². The number of benzene rings is 3. The third kappa shape index (κ3) is 7.07. The van der Waals surface area contributed by atoms with E-state index in [2.05, 4.69) is 16.0 Å². The minimum absolute atomic E-state index is 0.0559. The Hall–Kier alpha value is -4.61. The second-order valence-corrected chi connectivity index (χ2v) is 9.69. The van der Waals surface area contributed by atoms with Gasteiger partial charge in [0.2, 0.25) is 11.2 Å². The number of carbonyl (C=O) groups excluding carboxylic acids is 1. The van der Waals surface area contributed by atoms with Crippen LogP contribution in [0.2, 0.25) is 5.28 Å². The van der Waals surface area contributed by atoms with Gasteiger partial charge in [0.1, 0.15) is 13.2 Å². The highest BCUT2D eigenvalue weighted by atomic mass is 35.5. The molecular formula is C31H27ClN4O4. The lowest BCUT2D eigenvalue weighted by Crippen LogP contribution is -2.38. The molecule has 0 unspecified atom stereocenters. The fourth-order valence-electron chi connectivity index (χ4n) is 4.47. The summed E-state index contributed by atoms with van der Waals surface area (Å²) < 4.78 is 17.6. The summed E-state index contributed by atoms with van der Waals surface area (Å²) in [5, 5.41) is 9.46. The highest BCUT2D eigenvalue weighted by Crippen LogP contribution is 2.35. The monoisotopic (exact) mass is 554 g/mol. The Morgan fingerprint density at radius 2 is 1.57 bits per heavy atom. The Balaban J connectivity index is 1.24. The molecule has 202 valence electrons. The minimum Gasteiger partial charge on any atom is -0.485 e. The minimum atomic E-state index is -0.326. The van der Waals surface area contributed by atoms with Crippen molar-refractivity contribution in [2.24, 2.45) is 0 Å². The summed E-state index contributed by atoms with van der Waals surface area (Å²) in [5.74, 6) is 1.15. The maximum Gasteiger partial charge on any atom is 0.410 e. The molecule has 9 heteroatoms. The van der Waals surface area contributed by atoms with Crippen LogP contribution in [-0.4, -0.2) is 34.1 Å². The summed E-state index contributed by atoms with van der Waals surface area (Å²) in [6.45, 7) is 1.66. The van der Waals surface area contributed by atoms with E-state index in [-0.39, 0.29) is 29.8 Å². The molecule has 1 aliphatic rings. The predicted molar refractivity (Wildman–Crippen MR) is 149 cm³/mol. The van der Waals surface area contributed by atoms with Gasteiger partial charge in [0.05, 0.1) is 17.3 Å². The van der Waals surface area contributed by atoms with Crippen molar-refractivity contribution in [3.63, 3.8) is 0 Å². The number of hydrogen-bond acceptors (Lipinski definition) is 7. The van der Waals surface area contributed by atoms with Gasteiger partial charge in [-0.1, -0.05) is 60.7 Å². The molecule has 2 heterocycles. The van der Waals surface area contributed by atoms with Crippen molar-refractivity contribution < 1.29 is 19.0 Å². The molecule has 0 bridgehead atoms. The van der Waals surface area contributed by atoms with Crippen LogP contribution in [0, 0.1) is 11.3 Å². The summed E-state index contributed by atoms with van der Waals surface area (Å²) in [6.07, 6.45) is 1.07. The SMILES string of the molecule is N#Cc1ccc(OCc2ccccc2)c(Oc2cc(C3CCN(C(=O)OCc4ccccc4)CC3)nc(Cl)n2)c1. The average molecular weight is 555 g/mol. The molecule has 5 rings (SSSR count). The number of carbonyl (C=O) groups is 1. The first kappa shape index (κ1) is 27.0. The normalized spacial score (nSPS) is 13.3. The zero-order valence-corrected chi connectivity index (χ0v) is 22.5. The lowest BCUT2D eigenvalue weighted by atomic mass is 9.93. The van der Waals surface area contributed by atoms with E-state index >= 15 is 0 Å². The van der Waals surface area contributed by atoms with Crippen molar-refractivity contribution >= 4 is 17.7 Å². The molecule has 1 fully saturated rings. The number of piperidine rings is 1. The lowest BCUT2D eigenvalue weighted by molar-refractivity contribution is 0.0868. The van der Waals surface area contributed by atoms with Crippen LogP contribution in [0.4, 0.5) is 4.79 Å². The number of nitrogens with zero attached hydrogens (tertiary/aromatic N) is 4. The fraction of sp³-hybridized carbons (Fsp3) is 0.226. The third-order valence-electron chi connectivity index (χ3n) is 6.60. The summed E-state index contributed by atoms with van der Waals surface area (Å²) in [5.41, 5.74) is 3.10. The zero-order chi connectivity index (χ0) is 27.7. The quantitative estimate of drug-likeness (QED) is 0.219. The Kier molecular flexibility index (Phi) is 8.74. The van der Waals surface area contributed by atoms with Crippen molar-refractivity contribution in [2.75, 3.05) is 13.1 Å². The van der Waals surface area contributed by atoms with Gasteiger partial charge in [0, 0.05) is 31.1 Å². The average Bonchev–Trinajstić information content (AvgIpc) is 3.00. The van der Waals surface area contributed by atoms with Gasteiger partial charge in [-0.25, -0.2) is 9.78 Å². The number of nitriles is 1. The molecule has 1 aliphatic heterocycles. The summed E-state index contributed by atoms with van der Waals surface area (Å²) in [7, 11) is 0. The number of halogens is 1. The van der Waals surface area contributed by atoms with E-state index in [4.69, 9.17) is 25.8 Å². The van der Waals surface area contributed by atoms with E-state index in [0.29, 0.717) is 49.6 Å². The van der Waals surface area contributed by atoms with E-state index in [1.807, 2.05) is 60.7 Å². The number of aromatic nitrogens is 2. The number of amides is 1. The van der Waals surface area contributed by atoms with Gasteiger partial charge in [-0.15, -0.1) is 0 Å². The van der Waals surface area contributed by atoms with Crippen LogP contribution in [0.25, 0.3) is 0 Å². The van der Waals surface area contributed by atoms with E-state index in [9.17, 15) is 10.1 Å². The Morgan fingerprint density at radius 3 is 2.25 bits per heavy atom. The standard InChI is InChI=1S/C31H27ClN4O4/c32-30-34-26(25-13-15-36(16-14-25)31(37)39-21-23-9-5-2-6-10-23)18-29(35-30)40-28-17-24(19-33)11-12-27(28)38-20-22-7-3-1-4-8-22/h1-12,17-18,25H,13-16,20-21H2. The van der Waals surface area contributed by atoms with Gasteiger partial charge < -0.3 is 19.1 Å². The highest BCUT2D eigenvalue weighted by molar-refractivity contribution is 6.28. The van der Waals surface area contributed by atoms with Crippen molar-refractivity contribution in [3.05, 3.63) is 113 Å². The highest BCUT2D eigenvalue weighted by Gasteiger charge is 2.26. The second kappa shape index (κ2) is 13.0. The van der Waals surface area contributed by atoms with Crippen molar-refractivity contribution in [3.8, 4) is 23.4 Å². The van der Waals surface area contributed by atoms with E-state index < -0.39 is 0 Å². The smallest absolute Gasteiger partial charge is 0.410 e. The van der Waals surface area contributed by atoms with Gasteiger partial charge in [0.15, 0.2) is 11.5 Å². The van der Waals surface area contributed by atoms with Crippen molar-refractivity contribution in [2.45, 2.75) is 32.0 Å². The topological polar surface area (TPSA) is 97.6 Å². The van der Waals surface area contributed by atoms with Crippen LogP contribution >= 0.6 is 11.6 Å². The molecule has 1 saturated heterocycles. The molecular weight excluding hydrogens is 528 g/mol. The van der Waals surface area contributed by atoms with E-state index in [0.717, 1.165) is 16.8 Å². The summed E-state index contributed by atoms with van der Waals surface area (Å²) >= 11 is 6.28. The molecule has 0 radical (unpaired) electrons. The second-order valence-electron chi connectivity index (χ2n) is 9.35. The van der Waals surface area contributed by atoms with Gasteiger partial charge in [0.25, 0.3) is 0 Å². The largest absolute Gasteiger partial charge is 0.485 e. The van der Waals surface area contributed by atoms with Gasteiger partial charge in [-0.2, -0.15) is 10.2 Å². The molecule has 40 heavy (non-hydrogen) atoms. The Morgan fingerprint density at radius 1 is 0.900 bits per heavy atom. The van der Waals surface area contributed by atoms with Crippen LogP contribution < -0.4 is 9.47 Å². The Bertz CT molecular complexity index is 1490. The summed E-state index contributed by atoms with van der Waals surface area (Å²) in [6, 6.07) is 28.2. The third-order valence-corrected chi connectivity index (χ3v) is 6.77. The summed E-state index contributed by atoms with van der Waals surface area (Å²) in [4.78, 5) is 22.9. The number of likely N-dealkylation sites (tertiary alicyclic amines) is 1. The van der Waals surface area contributed by atoms with Gasteiger partial charge >= 0.3 is 6.09 Å². The maximum atomic E-state index is 12.6. The van der Waals surface area contributed by atoms with Crippen molar-refractivity contribution in [1.29, 1.82) is 5.26 Å². The molecule has 3 aromatic carbocycles. The fourth-order valence-corrected chi connectivity index (χ4v) is 4.65. The molecule has 0 spiro atoms. The zero-order valence-electron chi connectivity index (χ0n) is 21.7. The first-order valence-electron chi connectivity index (χ1n) is 13.0. The number of rotatable bonds is 8. The lowest BCUT2D eigenvalue weighted by Gasteiger charge is -2.31. The molecule has 0 N–H and O–H groups in total. The van der Waals surface area contributed by atoms with Gasteiger partial charge in [-0.3, -0.25) is 0 Å². The van der Waals surface area contributed by atoms with Crippen LogP contribution in [0.5, 0.6) is 17.4 Å². The molecule has 0 aliphatic carbocycles. The molecule has 0 saturated carbocycles. The van der Waals surface area contributed by atoms with E-state index in [1.165, 1.54) is 0 Å². The van der Waals surface area contributed by atoms with Crippen LogP contribution in [-0.2, 0) is 18.0 Å². The van der Waals surface area contributed by atoms with Crippen LogP contribution in [0.15, 0.2) is 84.9 Å². The first-order valence-corrected chi connectivity index (χ1v) is 13.3.